The summed E-state index contributed by atoms with van der Waals surface area (Å²) in [5.74, 6) is 0.687. The van der Waals surface area contributed by atoms with E-state index in [2.05, 4.69) is 10.5 Å². The summed E-state index contributed by atoms with van der Waals surface area (Å²) in [6.45, 7) is 7.85. The second-order valence-electron chi connectivity index (χ2n) is 4.37. The number of aryl methyl sites for hydroxylation is 1. The quantitative estimate of drug-likeness (QED) is 0.782. The highest BCUT2D eigenvalue weighted by molar-refractivity contribution is 5.81. The lowest BCUT2D eigenvalue weighted by Gasteiger charge is -2.16. The Labute approximate surface area is 83.7 Å². The van der Waals surface area contributed by atoms with E-state index >= 15 is 0 Å². The molecule has 1 amide bonds. The number of amides is 1. The fourth-order valence-electron chi connectivity index (χ4n) is 0.932. The number of carbonyl (C=O) groups excluding carboxylic acids is 1. The number of nitrogens with one attached hydrogen (secondary N) is 1. The molecule has 0 bridgehead atoms. The molecule has 78 valence electrons. The largest absolute Gasteiger partial charge is 0.359 e. The monoisotopic (exact) mass is 196 g/mol. The molecule has 1 N–H and O–H groups in total. The summed E-state index contributed by atoms with van der Waals surface area (Å²) >= 11 is 0. The van der Waals surface area contributed by atoms with Gasteiger partial charge < -0.3 is 9.84 Å². The van der Waals surface area contributed by atoms with E-state index in [1.165, 1.54) is 0 Å². The summed E-state index contributed by atoms with van der Waals surface area (Å²) in [5.41, 5.74) is 0.458. The number of hydrogen-bond acceptors (Lipinski definition) is 3. The number of carbonyl (C=O) groups is 1. The van der Waals surface area contributed by atoms with E-state index in [0.29, 0.717) is 12.3 Å². The van der Waals surface area contributed by atoms with Crippen molar-refractivity contribution in [3.63, 3.8) is 0 Å². The van der Waals surface area contributed by atoms with Crippen LogP contribution in [0.5, 0.6) is 0 Å². The molecule has 4 heteroatoms. The van der Waals surface area contributed by atoms with Gasteiger partial charge in [0.1, 0.15) is 0 Å². The van der Waals surface area contributed by atoms with Gasteiger partial charge in [-0.15, -0.1) is 0 Å². The Hall–Kier alpha value is -1.32. The molecule has 0 spiro atoms. The van der Waals surface area contributed by atoms with E-state index in [-0.39, 0.29) is 11.3 Å². The molecule has 1 rings (SSSR count). The van der Waals surface area contributed by atoms with E-state index < -0.39 is 0 Å². The Morgan fingerprint density at radius 1 is 1.57 bits per heavy atom. The molecule has 0 aliphatic heterocycles. The van der Waals surface area contributed by atoms with Crippen molar-refractivity contribution in [1.29, 1.82) is 0 Å². The third-order valence-electron chi connectivity index (χ3n) is 1.78. The summed E-state index contributed by atoms with van der Waals surface area (Å²) in [6.07, 6.45) is 0. The summed E-state index contributed by atoms with van der Waals surface area (Å²) in [4.78, 5) is 11.5. The van der Waals surface area contributed by atoms with Crippen LogP contribution in [0.3, 0.4) is 0 Å². The summed E-state index contributed by atoms with van der Waals surface area (Å²) in [7, 11) is 0. The van der Waals surface area contributed by atoms with Gasteiger partial charge in [0.15, 0.2) is 5.76 Å². The number of nitrogens with zero attached hydrogens (tertiary/aromatic N) is 1. The molecule has 0 atom stereocenters. The molecular weight excluding hydrogens is 180 g/mol. The second kappa shape index (κ2) is 3.82. The van der Waals surface area contributed by atoms with Crippen LogP contribution >= 0.6 is 0 Å². The van der Waals surface area contributed by atoms with Crippen molar-refractivity contribution in [2.24, 2.45) is 5.41 Å². The lowest BCUT2D eigenvalue weighted by Crippen LogP contribution is -2.34. The third kappa shape index (κ3) is 2.87. The van der Waals surface area contributed by atoms with Crippen molar-refractivity contribution < 1.29 is 9.32 Å². The number of rotatable bonds is 2. The summed E-state index contributed by atoms with van der Waals surface area (Å²) in [5, 5.41) is 6.51. The Kier molecular flexibility index (Phi) is 2.93. The van der Waals surface area contributed by atoms with Gasteiger partial charge in [-0.2, -0.15) is 0 Å². The first-order chi connectivity index (χ1) is 6.39. The average Bonchev–Trinajstić information content (AvgIpc) is 2.45. The van der Waals surface area contributed by atoms with Gasteiger partial charge >= 0.3 is 0 Å². The first-order valence-electron chi connectivity index (χ1n) is 4.60. The molecule has 0 aromatic carbocycles. The van der Waals surface area contributed by atoms with Crippen LogP contribution in [-0.2, 0) is 11.3 Å². The minimum absolute atomic E-state index is 0.00607. The van der Waals surface area contributed by atoms with Gasteiger partial charge in [0.05, 0.1) is 12.2 Å². The zero-order valence-corrected chi connectivity index (χ0v) is 9.05. The minimum Gasteiger partial charge on any atom is -0.359 e. The van der Waals surface area contributed by atoms with Crippen LogP contribution in [-0.4, -0.2) is 11.1 Å². The average molecular weight is 196 g/mol. The van der Waals surface area contributed by atoms with Crippen LogP contribution in [0.2, 0.25) is 0 Å². The van der Waals surface area contributed by atoms with Crippen LogP contribution < -0.4 is 5.32 Å². The van der Waals surface area contributed by atoms with E-state index in [0.717, 1.165) is 5.69 Å². The van der Waals surface area contributed by atoms with E-state index in [4.69, 9.17) is 4.52 Å². The Morgan fingerprint density at radius 2 is 2.21 bits per heavy atom. The maximum Gasteiger partial charge on any atom is 0.225 e. The Balaban J connectivity index is 2.46. The highest BCUT2D eigenvalue weighted by atomic mass is 16.5. The predicted octanol–water partition coefficient (Wildman–Crippen LogP) is 1.65. The zero-order chi connectivity index (χ0) is 10.8. The van der Waals surface area contributed by atoms with E-state index in [1.54, 1.807) is 0 Å². The van der Waals surface area contributed by atoms with Crippen LogP contribution in [0.1, 0.15) is 32.2 Å². The van der Waals surface area contributed by atoms with Gasteiger partial charge in [-0.25, -0.2) is 0 Å². The molecule has 4 nitrogen and oxygen atoms in total. The highest BCUT2D eigenvalue weighted by Gasteiger charge is 2.20. The van der Waals surface area contributed by atoms with Crippen LogP contribution in [0, 0.1) is 12.3 Å². The standard InChI is InChI=1S/C10H16N2O2/c1-7-5-8(14-12-7)6-11-9(13)10(2,3)4/h5H,6H2,1-4H3,(H,11,13). The minimum atomic E-state index is -0.366. The van der Waals surface area contributed by atoms with Crippen molar-refractivity contribution in [2.45, 2.75) is 34.2 Å². The van der Waals surface area contributed by atoms with Gasteiger partial charge in [-0.3, -0.25) is 4.79 Å². The molecule has 1 aromatic rings. The lowest BCUT2D eigenvalue weighted by molar-refractivity contribution is -0.128. The molecule has 0 radical (unpaired) electrons. The molecule has 0 unspecified atom stereocenters. The molecular formula is C10H16N2O2. The molecule has 0 saturated carbocycles. The molecule has 0 aliphatic carbocycles. The molecule has 0 aliphatic rings. The molecule has 1 heterocycles. The van der Waals surface area contributed by atoms with Crippen molar-refractivity contribution in [3.05, 3.63) is 17.5 Å². The predicted molar refractivity (Wildman–Crippen MR) is 52.5 cm³/mol. The summed E-state index contributed by atoms with van der Waals surface area (Å²) < 4.78 is 4.96. The van der Waals surface area contributed by atoms with Gasteiger partial charge in [-0.1, -0.05) is 25.9 Å². The lowest BCUT2D eigenvalue weighted by atomic mass is 9.96. The fourth-order valence-corrected chi connectivity index (χ4v) is 0.932. The first-order valence-corrected chi connectivity index (χ1v) is 4.60. The Bertz CT molecular complexity index is 323. The smallest absolute Gasteiger partial charge is 0.225 e. The van der Waals surface area contributed by atoms with Crippen molar-refractivity contribution in [1.82, 2.24) is 10.5 Å². The molecule has 0 fully saturated rings. The van der Waals surface area contributed by atoms with Crippen LogP contribution in [0.25, 0.3) is 0 Å². The molecule has 1 aromatic heterocycles. The normalized spacial score (nSPS) is 11.4. The number of hydrogen-bond donors (Lipinski definition) is 1. The zero-order valence-electron chi connectivity index (χ0n) is 9.05. The number of aromatic nitrogens is 1. The first kappa shape index (κ1) is 10.8. The molecule has 14 heavy (non-hydrogen) atoms. The van der Waals surface area contributed by atoms with Crippen molar-refractivity contribution >= 4 is 5.91 Å². The second-order valence-corrected chi connectivity index (χ2v) is 4.37. The van der Waals surface area contributed by atoms with Gasteiger partial charge in [0.2, 0.25) is 5.91 Å². The molecule has 0 saturated heterocycles. The third-order valence-corrected chi connectivity index (χ3v) is 1.78. The maximum absolute atomic E-state index is 11.5. The Morgan fingerprint density at radius 3 is 2.64 bits per heavy atom. The van der Waals surface area contributed by atoms with Gasteiger partial charge in [-0.05, 0) is 6.92 Å². The van der Waals surface area contributed by atoms with Crippen molar-refractivity contribution in [3.8, 4) is 0 Å². The van der Waals surface area contributed by atoms with Gasteiger partial charge in [0.25, 0.3) is 0 Å². The van der Waals surface area contributed by atoms with Crippen LogP contribution in [0.4, 0.5) is 0 Å². The van der Waals surface area contributed by atoms with E-state index in [1.807, 2.05) is 33.8 Å². The topological polar surface area (TPSA) is 55.1 Å². The van der Waals surface area contributed by atoms with Gasteiger partial charge in [0, 0.05) is 11.5 Å². The van der Waals surface area contributed by atoms with Crippen molar-refractivity contribution in [2.75, 3.05) is 0 Å². The SMILES string of the molecule is Cc1cc(CNC(=O)C(C)(C)C)on1. The summed E-state index contributed by atoms with van der Waals surface area (Å²) in [6, 6.07) is 1.81. The van der Waals surface area contributed by atoms with E-state index in [9.17, 15) is 4.79 Å². The van der Waals surface area contributed by atoms with Crippen LogP contribution in [0.15, 0.2) is 10.6 Å². The fraction of sp³-hybridized carbons (Fsp3) is 0.600. The maximum atomic E-state index is 11.5. The highest BCUT2D eigenvalue weighted by Crippen LogP contribution is 2.13.